The second-order valence-corrected chi connectivity index (χ2v) is 6.70. The monoisotopic (exact) mass is 341 g/mol. The molecule has 0 aromatic carbocycles. The molecule has 3 fully saturated rings. The van der Waals surface area contributed by atoms with Crippen LogP contribution in [-0.4, -0.2) is 40.1 Å². The van der Waals surface area contributed by atoms with E-state index < -0.39 is 11.9 Å². The molecule has 5 nitrogen and oxygen atoms in total. The standard InChI is InChI=1S/C14H14F3N5S/c1-8-2-3-18-12(19-8)21-5-9-4-10(6-21)22(9)13-20-11(7-23-13)14(15,16)17/h2-3,7,9-10H,4-6H2,1H3. The minimum Gasteiger partial charge on any atom is -0.338 e. The van der Waals surface area contributed by atoms with Gasteiger partial charge < -0.3 is 9.80 Å². The number of nitrogens with zero attached hydrogens (tertiary/aromatic N) is 5. The van der Waals surface area contributed by atoms with Gasteiger partial charge in [0.15, 0.2) is 10.8 Å². The largest absolute Gasteiger partial charge is 0.434 e. The van der Waals surface area contributed by atoms with E-state index in [4.69, 9.17) is 0 Å². The molecular weight excluding hydrogens is 327 g/mol. The molecule has 2 atom stereocenters. The molecule has 0 amide bonds. The van der Waals surface area contributed by atoms with E-state index in [0.717, 1.165) is 28.8 Å². The average Bonchev–Trinajstić information content (AvgIpc) is 2.96. The summed E-state index contributed by atoms with van der Waals surface area (Å²) < 4.78 is 38.1. The van der Waals surface area contributed by atoms with E-state index in [1.165, 1.54) is 0 Å². The van der Waals surface area contributed by atoms with Gasteiger partial charge in [-0.05, 0) is 19.4 Å². The third kappa shape index (κ3) is 2.52. The summed E-state index contributed by atoms with van der Waals surface area (Å²) in [5, 5.41) is 1.55. The predicted octanol–water partition coefficient (Wildman–Crippen LogP) is 2.73. The summed E-state index contributed by atoms with van der Waals surface area (Å²) in [6.07, 6.45) is -1.68. The molecule has 9 heteroatoms. The zero-order valence-electron chi connectivity index (χ0n) is 12.3. The van der Waals surface area contributed by atoms with Gasteiger partial charge in [0.25, 0.3) is 0 Å². The number of piperazine rings is 1. The number of hydrogen-bond acceptors (Lipinski definition) is 6. The molecule has 5 heterocycles. The maximum atomic E-state index is 12.7. The summed E-state index contributed by atoms with van der Waals surface area (Å²) in [4.78, 5) is 16.6. The van der Waals surface area contributed by atoms with Gasteiger partial charge in [-0.2, -0.15) is 13.2 Å². The lowest BCUT2D eigenvalue weighted by molar-refractivity contribution is -0.140. The molecule has 3 saturated heterocycles. The molecule has 0 aliphatic carbocycles. The van der Waals surface area contributed by atoms with Crippen LogP contribution < -0.4 is 9.80 Å². The molecule has 0 saturated carbocycles. The highest BCUT2D eigenvalue weighted by Gasteiger charge is 2.47. The summed E-state index contributed by atoms with van der Waals surface area (Å²) in [6.45, 7) is 3.33. The number of halogens is 3. The zero-order valence-corrected chi connectivity index (χ0v) is 13.1. The van der Waals surface area contributed by atoms with Crippen LogP contribution in [0, 0.1) is 6.92 Å². The number of aryl methyl sites for hydroxylation is 1. The molecule has 3 aliphatic heterocycles. The first-order chi connectivity index (χ1) is 10.9. The molecule has 3 aliphatic rings. The number of rotatable bonds is 2. The van der Waals surface area contributed by atoms with Gasteiger partial charge in [0, 0.05) is 30.4 Å². The number of alkyl halides is 3. The Labute approximate surface area is 134 Å². The second kappa shape index (κ2) is 5.05. The van der Waals surface area contributed by atoms with E-state index in [0.29, 0.717) is 24.2 Å². The average molecular weight is 341 g/mol. The molecule has 2 unspecified atom stereocenters. The van der Waals surface area contributed by atoms with Crippen LogP contribution in [0.4, 0.5) is 24.3 Å². The van der Waals surface area contributed by atoms with Crippen LogP contribution in [-0.2, 0) is 6.18 Å². The van der Waals surface area contributed by atoms with Gasteiger partial charge in [0.05, 0.1) is 12.1 Å². The first-order valence-electron chi connectivity index (χ1n) is 7.27. The van der Waals surface area contributed by atoms with Gasteiger partial charge in [-0.1, -0.05) is 0 Å². The van der Waals surface area contributed by atoms with E-state index in [9.17, 15) is 13.2 Å². The van der Waals surface area contributed by atoms with Crippen molar-refractivity contribution in [2.75, 3.05) is 22.9 Å². The predicted molar refractivity (Wildman–Crippen MR) is 80.8 cm³/mol. The Morgan fingerprint density at radius 1 is 1.22 bits per heavy atom. The SMILES string of the molecule is Cc1ccnc(N2CC3CC(C2)N3c2nc(C(F)(F)F)cs2)n1. The highest BCUT2D eigenvalue weighted by atomic mass is 32.1. The quantitative estimate of drug-likeness (QED) is 0.840. The topological polar surface area (TPSA) is 45.2 Å². The van der Waals surface area contributed by atoms with Crippen LogP contribution in [0.5, 0.6) is 0 Å². The van der Waals surface area contributed by atoms with Crippen molar-refractivity contribution in [1.29, 1.82) is 0 Å². The van der Waals surface area contributed by atoms with Crippen LogP contribution in [0.15, 0.2) is 17.6 Å². The normalized spacial score (nSPS) is 23.8. The fraction of sp³-hybridized carbons (Fsp3) is 0.500. The van der Waals surface area contributed by atoms with Crippen molar-refractivity contribution >= 4 is 22.4 Å². The Kier molecular flexibility index (Phi) is 3.22. The van der Waals surface area contributed by atoms with E-state index >= 15 is 0 Å². The highest BCUT2D eigenvalue weighted by Crippen LogP contribution is 2.41. The van der Waals surface area contributed by atoms with Gasteiger partial charge in [-0.3, -0.25) is 0 Å². The minimum absolute atomic E-state index is 0.171. The zero-order chi connectivity index (χ0) is 16.2. The summed E-state index contributed by atoms with van der Waals surface area (Å²) in [5.41, 5.74) is 0.0993. The van der Waals surface area contributed by atoms with Crippen LogP contribution in [0.3, 0.4) is 0 Å². The van der Waals surface area contributed by atoms with Gasteiger partial charge in [0.2, 0.25) is 5.95 Å². The Hall–Kier alpha value is -1.90. The molecule has 23 heavy (non-hydrogen) atoms. The first kappa shape index (κ1) is 14.7. The summed E-state index contributed by atoms with van der Waals surface area (Å²) in [6, 6.07) is 2.18. The number of thiazole rings is 1. The molecular formula is C14H14F3N5S. The Morgan fingerprint density at radius 3 is 2.57 bits per heavy atom. The number of hydrogen-bond donors (Lipinski definition) is 0. The summed E-state index contributed by atoms with van der Waals surface area (Å²) in [5.74, 6) is 0.689. The lowest BCUT2D eigenvalue weighted by Gasteiger charge is -2.56. The molecule has 0 N–H and O–H groups in total. The van der Waals surface area contributed by atoms with Gasteiger partial charge >= 0.3 is 6.18 Å². The molecule has 2 aromatic heterocycles. The molecule has 2 bridgehead atoms. The van der Waals surface area contributed by atoms with E-state index in [-0.39, 0.29) is 12.1 Å². The molecule has 0 radical (unpaired) electrons. The lowest BCUT2D eigenvalue weighted by Crippen LogP contribution is -2.69. The molecule has 2 aromatic rings. The van der Waals surface area contributed by atoms with Gasteiger partial charge in [0.1, 0.15) is 0 Å². The molecule has 122 valence electrons. The summed E-state index contributed by atoms with van der Waals surface area (Å²) >= 11 is 1.06. The lowest BCUT2D eigenvalue weighted by atomic mass is 9.88. The third-order valence-corrected chi connectivity index (χ3v) is 5.12. The fourth-order valence-electron chi connectivity index (χ4n) is 3.19. The summed E-state index contributed by atoms with van der Waals surface area (Å²) in [7, 11) is 0. The van der Waals surface area contributed by atoms with Crippen LogP contribution >= 0.6 is 11.3 Å². The Bertz CT molecular complexity index is 719. The van der Waals surface area contributed by atoms with Crippen molar-refractivity contribution in [3.63, 3.8) is 0 Å². The van der Waals surface area contributed by atoms with Gasteiger partial charge in [-0.15, -0.1) is 11.3 Å². The maximum Gasteiger partial charge on any atom is 0.434 e. The molecule has 0 spiro atoms. The van der Waals surface area contributed by atoms with Crippen LogP contribution in [0.25, 0.3) is 0 Å². The smallest absolute Gasteiger partial charge is 0.338 e. The van der Waals surface area contributed by atoms with Crippen molar-refractivity contribution in [3.05, 3.63) is 29.0 Å². The fourth-order valence-corrected chi connectivity index (χ4v) is 4.16. The van der Waals surface area contributed by atoms with Crippen LogP contribution in [0.2, 0.25) is 0 Å². The third-order valence-electron chi connectivity index (χ3n) is 4.26. The first-order valence-corrected chi connectivity index (χ1v) is 8.15. The van der Waals surface area contributed by atoms with Crippen molar-refractivity contribution < 1.29 is 13.2 Å². The number of piperidine rings is 1. The molecule has 5 rings (SSSR count). The highest BCUT2D eigenvalue weighted by molar-refractivity contribution is 7.13. The Morgan fingerprint density at radius 2 is 1.96 bits per heavy atom. The number of anilines is 2. The van der Waals surface area contributed by atoms with Crippen molar-refractivity contribution in [3.8, 4) is 0 Å². The Balaban J connectivity index is 1.51. The maximum absolute atomic E-state index is 12.7. The van der Waals surface area contributed by atoms with Crippen LogP contribution in [0.1, 0.15) is 17.8 Å². The van der Waals surface area contributed by atoms with E-state index in [2.05, 4.69) is 19.9 Å². The van der Waals surface area contributed by atoms with E-state index in [1.54, 1.807) is 6.20 Å². The van der Waals surface area contributed by atoms with E-state index in [1.807, 2.05) is 17.9 Å². The van der Waals surface area contributed by atoms with Crippen molar-refractivity contribution in [2.45, 2.75) is 31.6 Å². The van der Waals surface area contributed by atoms with Gasteiger partial charge in [-0.25, -0.2) is 15.0 Å². The second-order valence-electron chi connectivity index (χ2n) is 5.87. The minimum atomic E-state index is -4.38. The van der Waals surface area contributed by atoms with Crippen molar-refractivity contribution in [1.82, 2.24) is 15.0 Å². The number of fused-ring (bicyclic) bond motifs is 2. The van der Waals surface area contributed by atoms with Crippen molar-refractivity contribution in [2.24, 2.45) is 0 Å². The number of aromatic nitrogens is 3.